The van der Waals surface area contributed by atoms with Crippen molar-refractivity contribution in [2.24, 2.45) is 5.73 Å². The summed E-state index contributed by atoms with van der Waals surface area (Å²) in [4.78, 5) is 0.312. The summed E-state index contributed by atoms with van der Waals surface area (Å²) in [5, 5.41) is 3.86. The number of anilines is 2. The lowest BCUT2D eigenvalue weighted by atomic mass is 10.1. The molecular formula is C15H13ClN2O2S. The largest absolute Gasteiger partial charge is 0.486 e. The molecule has 0 spiro atoms. The van der Waals surface area contributed by atoms with Crippen molar-refractivity contribution in [2.45, 2.75) is 0 Å². The third-order valence-corrected chi connectivity index (χ3v) is 3.52. The summed E-state index contributed by atoms with van der Waals surface area (Å²) in [7, 11) is 0. The second kappa shape index (κ2) is 5.79. The van der Waals surface area contributed by atoms with Gasteiger partial charge in [-0.25, -0.2) is 0 Å². The lowest BCUT2D eigenvalue weighted by Gasteiger charge is -2.19. The number of hydrogen-bond acceptors (Lipinski definition) is 4. The van der Waals surface area contributed by atoms with Crippen LogP contribution in [0.3, 0.4) is 0 Å². The van der Waals surface area contributed by atoms with Gasteiger partial charge in [0.25, 0.3) is 0 Å². The third kappa shape index (κ3) is 3.04. The summed E-state index contributed by atoms with van der Waals surface area (Å²) in [5.41, 5.74) is 8.08. The van der Waals surface area contributed by atoms with Crippen LogP contribution in [0.2, 0.25) is 5.02 Å². The molecule has 108 valence electrons. The minimum atomic E-state index is 0.312. The summed E-state index contributed by atoms with van der Waals surface area (Å²) in [5.74, 6) is 1.46. The Balaban J connectivity index is 1.93. The van der Waals surface area contributed by atoms with E-state index in [4.69, 9.17) is 39.0 Å². The van der Waals surface area contributed by atoms with E-state index in [0.29, 0.717) is 29.0 Å². The van der Waals surface area contributed by atoms with Crippen LogP contribution in [0.25, 0.3) is 0 Å². The highest BCUT2D eigenvalue weighted by Gasteiger charge is 2.13. The number of ether oxygens (including phenoxy) is 2. The molecule has 0 aromatic heterocycles. The van der Waals surface area contributed by atoms with Gasteiger partial charge in [-0.2, -0.15) is 0 Å². The molecular weight excluding hydrogens is 308 g/mol. The predicted molar refractivity (Wildman–Crippen MR) is 88.1 cm³/mol. The van der Waals surface area contributed by atoms with Crippen LogP contribution in [0.1, 0.15) is 5.56 Å². The Morgan fingerprint density at radius 3 is 2.62 bits per heavy atom. The molecule has 0 atom stereocenters. The quantitative estimate of drug-likeness (QED) is 0.848. The fraction of sp³-hybridized carbons (Fsp3) is 0.133. The van der Waals surface area contributed by atoms with Crippen LogP contribution in [0.4, 0.5) is 11.4 Å². The molecule has 0 saturated carbocycles. The van der Waals surface area contributed by atoms with Crippen LogP contribution in [-0.2, 0) is 0 Å². The fourth-order valence-electron chi connectivity index (χ4n) is 2.11. The van der Waals surface area contributed by atoms with Gasteiger partial charge >= 0.3 is 0 Å². The maximum Gasteiger partial charge on any atom is 0.163 e. The normalized spacial score (nSPS) is 12.8. The average Bonchev–Trinajstić information content (AvgIpc) is 2.47. The molecule has 0 amide bonds. The topological polar surface area (TPSA) is 56.5 Å². The van der Waals surface area contributed by atoms with Crippen molar-refractivity contribution in [3.63, 3.8) is 0 Å². The van der Waals surface area contributed by atoms with E-state index in [1.807, 2.05) is 18.2 Å². The van der Waals surface area contributed by atoms with Crippen LogP contribution >= 0.6 is 23.8 Å². The average molecular weight is 321 g/mol. The first-order chi connectivity index (χ1) is 10.1. The molecule has 0 radical (unpaired) electrons. The van der Waals surface area contributed by atoms with Gasteiger partial charge in [-0.15, -0.1) is 0 Å². The number of fused-ring (bicyclic) bond motifs is 1. The van der Waals surface area contributed by atoms with Crippen molar-refractivity contribution >= 4 is 40.2 Å². The first-order valence-electron chi connectivity index (χ1n) is 6.39. The maximum atomic E-state index is 6.03. The molecule has 0 fully saturated rings. The van der Waals surface area contributed by atoms with Gasteiger partial charge in [0.1, 0.15) is 18.2 Å². The predicted octanol–water partition coefficient (Wildman–Crippen LogP) is 3.49. The van der Waals surface area contributed by atoms with Gasteiger partial charge in [-0.3, -0.25) is 0 Å². The molecule has 3 N–H and O–H groups in total. The molecule has 0 bridgehead atoms. The zero-order valence-corrected chi connectivity index (χ0v) is 12.6. The van der Waals surface area contributed by atoms with Crippen molar-refractivity contribution < 1.29 is 9.47 Å². The van der Waals surface area contributed by atoms with Gasteiger partial charge in [0.15, 0.2) is 11.5 Å². The first-order valence-corrected chi connectivity index (χ1v) is 7.18. The number of rotatable bonds is 3. The van der Waals surface area contributed by atoms with Gasteiger partial charge < -0.3 is 20.5 Å². The zero-order valence-electron chi connectivity index (χ0n) is 11.1. The molecule has 0 unspecified atom stereocenters. The Morgan fingerprint density at radius 1 is 1.10 bits per heavy atom. The lowest BCUT2D eigenvalue weighted by molar-refractivity contribution is 0.171. The molecule has 1 aliphatic heterocycles. The molecule has 21 heavy (non-hydrogen) atoms. The summed E-state index contributed by atoms with van der Waals surface area (Å²) in [6, 6.07) is 11.0. The van der Waals surface area contributed by atoms with E-state index in [1.54, 1.807) is 18.2 Å². The molecule has 1 aliphatic rings. The SMILES string of the molecule is NC(=S)c1ccc(Cl)cc1Nc1ccc2c(c1)OCCO2. The van der Waals surface area contributed by atoms with Gasteiger partial charge in [0.2, 0.25) is 0 Å². The molecule has 0 aliphatic carbocycles. The zero-order chi connectivity index (χ0) is 14.8. The summed E-state index contributed by atoms with van der Waals surface area (Å²) in [6.07, 6.45) is 0. The second-order valence-electron chi connectivity index (χ2n) is 4.54. The van der Waals surface area contributed by atoms with Crippen LogP contribution in [0.15, 0.2) is 36.4 Å². The highest BCUT2D eigenvalue weighted by atomic mass is 35.5. The number of nitrogens with one attached hydrogen (secondary N) is 1. The first kappa shape index (κ1) is 14.0. The Morgan fingerprint density at radius 2 is 1.86 bits per heavy atom. The Kier molecular flexibility index (Phi) is 3.86. The fourth-order valence-corrected chi connectivity index (χ4v) is 2.46. The van der Waals surface area contributed by atoms with Crippen molar-refractivity contribution in [1.29, 1.82) is 0 Å². The monoisotopic (exact) mass is 320 g/mol. The second-order valence-corrected chi connectivity index (χ2v) is 5.41. The standard InChI is InChI=1S/C15H13ClN2O2S/c16-9-1-3-11(15(17)21)12(7-9)18-10-2-4-13-14(8-10)20-6-5-19-13/h1-4,7-8,18H,5-6H2,(H2,17,21). The van der Waals surface area contributed by atoms with Crippen molar-refractivity contribution in [2.75, 3.05) is 18.5 Å². The number of benzene rings is 2. The van der Waals surface area contributed by atoms with Crippen molar-refractivity contribution in [1.82, 2.24) is 0 Å². The van der Waals surface area contributed by atoms with Gasteiger partial charge in [-0.05, 0) is 30.3 Å². The lowest BCUT2D eigenvalue weighted by Crippen LogP contribution is -2.15. The van der Waals surface area contributed by atoms with Crippen LogP contribution < -0.4 is 20.5 Å². The van der Waals surface area contributed by atoms with E-state index in [-0.39, 0.29) is 0 Å². The van der Waals surface area contributed by atoms with Crippen molar-refractivity contribution in [3.05, 3.63) is 47.0 Å². The maximum absolute atomic E-state index is 6.03. The number of halogens is 1. The number of hydrogen-bond donors (Lipinski definition) is 2. The minimum Gasteiger partial charge on any atom is -0.486 e. The molecule has 2 aromatic rings. The molecule has 0 saturated heterocycles. The van der Waals surface area contributed by atoms with Crippen LogP contribution in [0.5, 0.6) is 11.5 Å². The number of thiocarbonyl (C=S) groups is 1. The van der Waals surface area contributed by atoms with Gasteiger partial charge in [-0.1, -0.05) is 23.8 Å². The van der Waals surface area contributed by atoms with Crippen LogP contribution in [0, 0.1) is 0 Å². The Labute approximate surface area is 132 Å². The van der Waals surface area contributed by atoms with E-state index in [9.17, 15) is 0 Å². The van der Waals surface area contributed by atoms with Crippen LogP contribution in [-0.4, -0.2) is 18.2 Å². The van der Waals surface area contributed by atoms with E-state index < -0.39 is 0 Å². The molecule has 1 heterocycles. The number of nitrogens with two attached hydrogens (primary N) is 1. The van der Waals surface area contributed by atoms with E-state index in [2.05, 4.69) is 5.32 Å². The van der Waals surface area contributed by atoms with Gasteiger partial charge in [0, 0.05) is 22.3 Å². The van der Waals surface area contributed by atoms with Crippen molar-refractivity contribution in [3.8, 4) is 11.5 Å². The summed E-state index contributed by atoms with van der Waals surface area (Å²) >= 11 is 11.1. The highest BCUT2D eigenvalue weighted by Crippen LogP contribution is 2.34. The molecule has 6 heteroatoms. The molecule has 4 nitrogen and oxygen atoms in total. The Bertz CT molecular complexity index is 706. The van der Waals surface area contributed by atoms with E-state index in [1.165, 1.54) is 0 Å². The van der Waals surface area contributed by atoms with Gasteiger partial charge in [0.05, 0.1) is 5.69 Å². The molecule has 2 aromatic carbocycles. The smallest absolute Gasteiger partial charge is 0.163 e. The minimum absolute atomic E-state index is 0.312. The van der Waals surface area contributed by atoms with E-state index >= 15 is 0 Å². The Hall–Kier alpha value is -1.98. The molecule has 3 rings (SSSR count). The summed E-state index contributed by atoms with van der Waals surface area (Å²) in [6.45, 7) is 1.12. The third-order valence-electron chi connectivity index (χ3n) is 3.07. The van der Waals surface area contributed by atoms with E-state index in [0.717, 1.165) is 22.7 Å². The highest BCUT2D eigenvalue weighted by molar-refractivity contribution is 7.80. The summed E-state index contributed by atoms with van der Waals surface area (Å²) < 4.78 is 11.1.